The van der Waals surface area contributed by atoms with Crippen molar-refractivity contribution in [3.63, 3.8) is 0 Å². The molecule has 0 aromatic heterocycles. The molecule has 1 saturated heterocycles. The van der Waals surface area contributed by atoms with Crippen molar-refractivity contribution < 1.29 is 0 Å². The van der Waals surface area contributed by atoms with Crippen molar-refractivity contribution in [2.24, 2.45) is 0 Å². The third kappa shape index (κ3) is 4.03. The van der Waals surface area contributed by atoms with E-state index in [1.165, 1.54) is 31.6 Å². The highest BCUT2D eigenvalue weighted by Crippen LogP contribution is 2.24. The number of likely N-dealkylation sites (N-methyl/N-ethyl adjacent to an activating group) is 1. The Bertz CT molecular complexity index is 366. The van der Waals surface area contributed by atoms with Crippen molar-refractivity contribution in [2.45, 2.75) is 25.4 Å². The summed E-state index contributed by atoms with van der Waals surface area (Å²) in [7, 11) is 4.27. The van der Waals surface area contributed by atoms with E-state index in [1.54, 1.807) is 0 Å². The van der Waals surface area contributed by atoms with Gasteiger partial charge in [-0.3, -0.25) is 4.90 Å². The van der Waals surface area contributed by atoms with Crippen molar-refractivity contribution in [3.8, 4) is 0 Å². The second-order valence-electron chi connectivity index (χ2n) is 5.70. The molecule has 1 aromatic carbocycles. The number of hydrogen-bond acceptors (Lipinski definition) is 3. The molecule has 106 valence electrons. The minimum atomic E-state index is 0.545. The van der Waals surface area contributed by atoms with E-state index >= 15 is 0 Å². The summed E-state index contributed by atoms with van der Waals surface area (Å²) in [6, 6.07) is 12.1. The van der Waals surface area contributed by atoms with E-state index in [9.17, 15) is 0 Å². The van der Waals surface area contributed by atoms with E-state index in [0.717, 1.165) is 6.54 Å². The molecule has 3 nitrogen and oxygen atoms in total. The SMILES string of the molecule is CNC(C)CCN1CCN(C)CC1c1ccccc1. The van der Waals surface area contributed by atoms with Gasteiger partial charge >= 0.3 is 0 Å². The van der Waals surface area contributed by atoms with Gasteiger partial charge in [0, 0.05) is 38.3 Å². The lowest BCUT2D eigenvalue weighted by atomic mass is 10.0. The first-order valence-corrected chi connectivity index (χ1v) is 7.35. The number of nitrogens with one attached hydrogen (secondary N) is 1. The summed E-state index contributed by atoms with van der Waals surface area (Å²) in [4.78, 5) is 5.08. The summed E-state index contributed by atoms with van der Waals surface area (Å²) in [6.07, 6.45) is 1.21. The molecule has 1 heterocycles. The molecule has 3 heteroatoms. The molecule has 2 rings (SSSR count). The molecule has 1 aliphatic rings. The smallest absolute Gasteiger partial charge is 0.0475 e. The maximum atomic E-state index is 3.33. The van der Waals surface area contributed by atoms with Gasteiger partial charge in [-0.25, -0.2) is 0 Å². The molecule has 0 saturated carbocycles. The van der Waals surface area contributed by atoms with Gasteiger partial charge in [-0.1, -0.05) is 30.3 Å². The van der Waals surface area contributed by atoms with E-state index < -0.39 is 0 Å². The van der Waals surface area contributed by atoms with Crippen LogP contribution >= 0.6 is 0 Å². The Morgan fingerprint density at radius 2 is 2.00 bits per heavy atom. The van der Waals surface area contributed by atoms with Crippen molar-refractivity contribution in [1.82, 2.24) is 15.1 Å². The van der Waals surface area contributed by atoms with Crippen LogP contribution in [0.3, 0.4) is 0 Å². The van der Waals surface area contributed by atoms with Crippen LogP contribution in [0.1, 0.15) is 24.9 Å². The number of hydrogen-bond donors (Lipinski definition) is 1. The van der Waals surface area contributed by atoms with Gasteiger partial charge < -0.3 is 10.2 Å². The van der Waals surface area contributed by atoms with Crippen molar-refractivity contribution in [3.05, 3.63) is 35.9 Å². The van der Waals surface area contributed by atoms with Gasteiger partial charge in [-0.15, -0.1) is 0 Å². The molecule has 1 fully saturated rings. The maximum Gasteiger partial charge on any atom is 0.0475 e. The van der Waals surface area contributed by atoms with Crippen molar-refractivity contribution in [2.75, 3.05) is 40.3 Å². The zero-order chi connectivity index (χ0) is 13.7. The molecule has 1 aromatic rings. The number of piperazine rings is 1. The van der Waals surface area contributed by atoms with Crippen LogP contribution in [0.25, 0.3) is 0 Å². The highest BCUT2D eigenvalue weighted by molar-refractivity contribution is 5.20. The van der Waals surface area contributed by atoms with E-state index in [-0.39, 0.29) is 0 Å². The van der Waals surface area contributed by atoms with Gasteiger partial charge in [0.25, 0.3) is 0 Å². The van der Waals surface area contributed by atoms with E-state index in [2.05, 4.69) is 59.4 Å². The van der Waals surface area contributed by atoms with Gasteiger partial charge in [0.15, 0.2) is 0 Å². The molecule has 0 amide bonds. The molecule has 2 unspecified atom stereocenters. The topological polar surface area (TPSA) is 18.5 Å². The zero-order valence-electron chi connectivity index (χ0n) is 12.5. The highest BCUT2D eigenvalue weighted by Gasteiger charge is 2.26. The average molecular weight is 261 g/mol. The summed E-state index contributed by atoms with van der Waals surface area (Å²) in [5.74, 6) is 0. The first-order chi connectivity index (χ1) is 9.20. The number of nitrogens with zero attached hydrogens (tertiary/aromatic N) is 2. The van der Waals surface area contributed by atoms with Crippen LogP contribution in [0.2, 0.25) is 0 Å². The average Bonchev–Trinajstić information content (AvgIpc) is 2.46. The summed E-state index contributed by atoms with van der Waals surface area (Å²) in [6.45, 7) is 6.92. The Morgan fingerprint density at radius 1 is 1.26 bits per heavy atom. The molecule has 0 radical (unpaired) electrons. The van der Waals surface area contributed by atoms with Gasteiger partial charge in [0.1, 0.15) is 0 Å². The second kappa shape index (κ2) is 7.04. The third-order valence-electron chi connectivity index (χ3n) is 4.22. The Labute approximate surface area is 117 Å². The lowest BCUT2D eigenvalue weighted by Crippen LogP contribution is -2.47. The van der Waals surface area contributed by atoms with Crippen LogP contribution in [0.15, 0.2) is 30.3 Å². The van der Waals surface area contributed by atoms with Crippen LogP contribution in [-0.4, -0.2) is 56.1 Å². The number of benzene rings is 1. The highest BCUT2D eigenvalue weighted by atomic mass is 15.3. The fraction of sp³-hybridized carbons (Fsp3) is 0.625. The summed E-state index contributed by atoms with van der Waals surface area (Å²) >= 11 is 0. The molecule has 0 bridgehead atoms. The minimum absolute atomic E-state index is 0.545. The Balaban J connectivity index is 2.02. The van der Waals surface area contributed by atoms with Gasteiger partial charge in [0.2, 0.25) is 0 Å². The van der Waals surface area contributed by atoms with Crippen LogP contribution in [0, 0.1) is 0 Å². The maximum absolute atomic E-state index is 3.33. The molecular weight excluding hydrogens is 234 g/mol. The van der Waals surface area contributed by atoms with Gasteiger partial charge in [-0.05, 0) is 33.0 Å². The fourth-order valence-corrected chi connectivity index (χ4v) is 2.72. The first kappa shape index (κ1) is 14.5. The van der Waals surface area contributed by atoms with E-state index in [1.807, 2.05) is 7.05 Å². The minimum Gasteiger partial charge on any atom is -0.317 e. The molecule has 19 heavy (non-hydrogen) atoms. The summed E-state index contributed by atoms with van der Waals surface area (Å²) in [5.41, 5.74) is 1.45. The van der Waals surface area contributed by atoms with Gasteiger partial charge in [0.05, 0.1) is 0 Å². The Hall–Kier alpha value is -0.900. The molecule has 1 aliphatic heterocycles. The van der Waals surface area contributed by atoms with E-state index in [4.69, 9.17) is 0 Å². The van der Waals surface area contributed by atoms with Crippen molar-refractivity contribution >= 4 is 0 Å². The number of rotatable bonds is 5. The first-order valence-electron chi connectivity index (χ1n) is 7.35. The lowest BCUT2D eigenvalue weighted by Gasteiger charge is -2.40. The molecule has 0 aliphatic carbocycles. The largest absolute Gasteiger partial charge is 0.317 e. The zero-order valence-corrected chi connectivity index (χ0v) is 12.5. The molecule has 0 spiro atoms. The molecule has 1 N–H and O–H groups in total. The standard InChI is InChI=1S/C16H27N3/c1-14(17-2)9-10-19-12-11-18(3)13-16(19)15-7-5-4-6-8-15/h4-8,14,16-17H,9-13H2,1-3H3. The van der Waals surface area contributed by atoms with E-state index in [0.29, 0.717) is 12.1 Å². The van der Waals surface area contributed by atoms with Crippen LogP contribution in [0.4, 0.5) is 0 Å². The summed E-state index contributed by atoms with van der Waals surface area (Å²) < 4.78 is 0. The Morgan fingerprint density at radius 3 is 2.68 bits per heavy atom. The van der Waals surface area contributed by atoms with Crippen molar-refractivity contribution in [1.29, 1.82) is 0 Å². The fourth-order valence-electron chi connectivity index (χ4n) is 2.72. The van der Waals surface area contributed by atoms with Crippen LogP contribution in [0.5, 0.6) is 0 Å². The monoisotopic (exact) mass is 261 g/mol. The second-order valence-corrected chi connectivity index (χ2v) is 5.70. The normalized spacial score (nSPS) is 23.4. The lowest BCUT2D eigenvalue weighted by molar-refractivity contribution is 0.0866. The van der Waals surface area contributed by atoms with Crippen LogP contribution in [-0.2, 0) is 0 Å². The molecular formula is C16H27N3. The third-order valence-corrected chi connectivity index (χ3v) is 4.22. The molecule has 2 atom stereocenters. The quantitative estimate of drug-likeness (QED) is 0.874. The van der Waals surface area contributed by atoms with Gasteiger partial charge in [-0.2, -0.15) is 0 Å². The summed E-state index contributed by atoms with van der Waals surface area (Å²) in [5, 5.41) is 3.33. The predicted octanol–water partition coefficient (Wildman–Crippen LogP) is 1.97. The van der Waals surface area contributed by atoms with Crippen LogP contribution < -0.4 is 5.32 Å². The Kier molecular flexibility index (Phi) is 5.37. The predicted molar refractivity (Wildman–Crippen MR) is 81.4 cm³/mol.